The lowest BCUT2D eigenvalue weighted by molar-refractivity contribution is -0.128. The monoisotopic (exact) mass is 278 g/mol. The van der Waals surface area contributed by atoms with E-state index in [1.165, 1.54) is 12.0 Å². The Morgan fingerprint density at radius 3 is 2.85 bits per heavy atom. The van der Waals surface area contributed by atoms with Gasteiger partial charge in [-0.05, 0) is 57.3 Å². The van der Waals surface area contributed by atoms with Crippen molar-refractivity contribution < 1.29 is 9.90 Å². The summed E-state index contributed by atoms with van der Waals surface area (Å²) >= 11 is 0. The summed E-state index contributed by atoms with van der Waals surface area (Å²) in [6.07, 6.45) is 9.34. The standard InChI is InChI=1S/C18H30O2/c1-13(7-5-11-17(2,3)20)14-9-10-15-16(19)8-6-12-18(14,15)4/h9,13,15,20H,5-8,10-12H2,1-4H3/t13-,15-,18+/m0/s1. The summed E-state index contributed by atoms with van der Waals surface area (Å²) in [4.78, 5) is 12.1. The smallest absolute Gasteiger partial charge is 0.137 e. The largest absolute Gasteiger partial charge is 0.390 e. The van der Waals surface area contributed by atoms with Crippen LogP contribution in [-0.2, 0) is 4.79 Å². The van der Waals surface area contributed by atoms with E-state index in [1.54, 1.807) is 0 Å². The molecule has 0 heterocycles. The third-order valence-corrected chi connectivity index (χ3v) is 5.47. The number of fused-ring (bicyclic) bond motifs is 1. The number of carbonyl (C=O) groups excluding carboxylic acids is 1. The number of Topliss-reactive ketones (excluding diaryl/α,β-unsaturated/α-hetero) is 1. The maximum absolute atomic E-state index is 12.1. The summed E-state index contributed by atoms with van der Waals surface area (Å²) in [5, 5.41) is 9.81. The van der Waals surface area contributed by atoms with E-state index in [0.29, 0.717) is 11.7 Å². The van der Waals surface area contributed by atoms with Gasteiger partial charge in [0.1, 0.15) is 5.78 Å². The number of aliphatic hydroxyl groups is 1. The highest BCUT2D eigenvalue weighted by Crippen LogP contribution is 2.53. The molecule has 0 aromatic rings. The van der Waals surface area contributed by atoms with Gasteiger partial charge in [-0.3, -0.25) is 4.79 Å². The van der Waals surface area contributed by atoms with Crippen molar-refractivity contribution in [2.45, 2.75) is 78.2 Å². The highest BCUT2D eigenvalue weighted by molar-refractivity contribution is 5.84. The summed E-state index contributed by atoms with van der Waals surface area (Å²) in [7, 11) is 0. The van der Waals surface area contributed by atoms with Crippen molar-refractivity contribution >= 4 is 5.78 Å². The minimum absolute atomic E-state index is 0.128. The Labute approximate surface area is 123 Å². The van der Waals surface area contributed by atoms with Crippen LogP contribution in [0.5, 0.6) is 0 Å². The molecule has 0 unspecified atom stereocenters. The second-order valence-electron chi connectivity index (χ2n) is 7.79. The van der Waals surface area contributed by atoms with Gasteiger partial charge in [0.05, 0.1) is 5.60 Å². The Morgan fingerprint density at radius 2 is 2.20 bits per heavy atom. The average molecular weight is 278 g/mol. The second kappa shape index (κ2) is 5.63. The van der Waals surface area contributed by atoms with Gasteiger partial charge in [0, 0.05) is 12.3 Å². The Morgan fingerprint density at radius 1 is 1.50 bits per heavy atom. The fourth-order valence-corrected chi connectivity index (χ4v) is 4.31. The van der Waals surface area contributed by atoms with Gasteiger partial charge in [0.15, 0.2) is 0 Å². The van der Waals surface area contributed by atoms with Crippen molar-refractivity contribution in [3.8, 4) is 0 Å². The van der Waals surface area contributed by atoms with Gasteiger partial charge in [-0.25, -0.2) is 0 Å². The van der Waals surface area contributed by atoms with E-state index in [9.17, 15) is 9.90 Å². The van der Waals surface area contributed by atoms with Crippen LogP contribution >= 0.6 is 0 Å². The Bertz CT molecular complexity index is 402. The van der Waals surface area contributed by atoms with E-state index in [2.05, 4.69) is 19.9 Å². The first-order valence-electron chi connectivity index (χ1n) is 8.20. The van der Waals surface area contributed by atoms with Crippen LogP contribution in [-0.4, -0.2) is 16.5 Å². The molecule has 2 heteroatoms. The molecule has 0 radical (unpaired) electrons. The lowest BCUT2D eigenvalue weighted by Gasteiger charge is -2.40. The first kappa shape index (κ1) is 15.8. The lowest BCUT2D eigenvalue weighted by Crippen LogP contribution is -2.36. The molecule has 0 aliphatic heterocycles. The molecule has 0 bridgehead atoms. The van der Waals surface area contributed by atoms with Crippen LogP contribution < -0.4 is 0 Å². The molecule has 0 saturated heterocycles. The molecule has 3 atom stereocenters. The van der Waals surface area contributed by atoms with E-state index in [0.717, 1.165) is 38.5 Å². The molecule has 1 saturated carbocycles. The molecular weight excluding hydrogens is 248 g/mol. The molecular formula is C18H30O2. The predicted octanol–water partition coefficient (Wildman–Crippen LogP) is 4.27. The van der Waals surface area contributed by atoms with Crippen LogP contribution in [0.4, 0.5) is 0 Å². The Hall–Kier alpha value is -0.630. The average Bonchev–Trinajstić information content (AvgIpc) is 2.66. The molecule has 2 rings (SSSR count). The van der Waals surface area contributed by atoms with Gasteiger partial charge < -0.3 is 5.11 Å². The van der Waals surface area contributed by atoms with Crippen molar-refractivity contribution in [1.82, 2.24) is 0 Å². The minimum Gasteiger partial charge on any atom is -0.390 e. The summed E-state index contributed by atoms with van der Waals surface area (Å²) < 4.78 is 0. The lowest BCUT2D eigenvalue weighted by atomic mass is 9.63. The third kappa shape index (κ3) is 3.16. The van der Waals surface area contributed by atoms with E-state index in [-0.39, 0.29) is 11.3 Å². The van der Waals surface area contributed by atoms with Crippen LogP contribution in [0.2, 0.25) is 0 Å². The van der Waals surface area contributed by atoms with Crippen LogP contribution in [0.1, 0.15) is 72.6 Å². The minimum atomic E-state index is -0.559. The van der Waals surface area contributed by atoms with Crippen molar-refractivity contribution in [2.24, 2.45) is 17.3 Å². The van der Waals surface area contributed by atoms with Crippen LogP contribution in [0.15, 0.2) is 11.6 Å². The molecule has 0 amide bonds. The van der Waals surface area contributed by atoms with Crippen LogP contribution in [0.25, 0.3) is 0 Å². The number of hydrogen-bond donors (Lipinski definition) is 1. The fraction of sp³-hybridized carbons (Fsp3) is 0.833. The van der Waals surface area contributed by atoms with Crippen molar-refractivity contribution in [1.29, 1.82) is 0 Å². The fourth-order valence-electron chi connectivity index (χ4n) is 4.31. The zero-order valence-corrected chi connectivity index (χ0v) is 13.5. The maximum atomic E-state index is 12.1. The predicted molar refractivity (Wildman–Crippen MR) is 82.5 cm³/mol. The van der Waals surface area contributed by atoms with Gasteiger partial charge in [0.25, 0.3) is 0 Å². The van der Waals surface area contributed by atoms with Crippen molar-refractivity contribution in [3.05, 3.63) is 11.6 Å². The normalized spacial score (nSPS) is 31.9. The molecule has 20 heavy (non-hydrogen) atoms. The molecule has 0 aromatic carbocycles. The second-order valence-corrected chi connectivity index (χ2v) is 7.79. The maximum Gasteiger partial charge on any atom is 0.137 e. The van der Waals surface area contributed by atoms with E-state index in [1.807, 2.05) is 13.8 Å². The first-order chi connectivity index (χ1) is 9.24. The van der Waals surface area contributed by atoms with Crippen molar-refractivity contribution in [2.75, 3.05) is 0 Å². The number of hydrogen-bond acceptors (Lipinski definition) is 2. The topological polar surface area (TPSA) is 37.3 Å². The zero-order valence-electron chi connectivity index (χ0n) is 13.5. The first-order valence-corrected chi connectivity index (χ1v) is 8.20. The summed E-state index contributed by atoms with van der Waals surface area (Å²) in [6, 6.07) is 0. The van der Waals surface area contributed by atoms with Gasteiger partial charge in [-0.15, -0.1) is 0 Å². The SMILES string of the molecule is C[C@@H](CCCC(C)(C)O)C1=CC[C@H]2C(=O)CCC[C@]12C. The van der Waals surface area contributed by atoms with Gasteiger partial charge in [-0.1, -0.05) is 31.9 Å². The van der Waals surface area contributed by atoms with Gasteiger partial charge in [-0.2, -0.15) is 0 Å². The molecule has 1 fully saturated rings. The van der Waals surface area contributed by atoms with Crippen LogP contribution in [0.3, 0.4) is 0 Å². The number of carbonyl (C=O) groups is 1. The van der Waals surface area contributed by atoms with E-state index >= 15 is 0 Å². The molecule has 0 aromatic heterocycles. The number of allylic oxidation sites excluding steroid dienone is 2. The summed E-state index contributed by atoms with van der Waals surface area (Å²) in [5.41, 5.74) is 1.09. The quantitative estimate of drug-likeness (QED) is 0.763. The van der Waals surface area contributed by atoms with E-state index < -0.39 is 5.60 Å². The summed E-state index contributed by atoms with van der Waals surface area (Å²) in [5.74, 6) is 1.27. The third-order valence-electron chi connectivity index (χ3n) is 5.47. The Balaban J connectivity index is 1.97. The van der Waals surface area contributed by atoms with Gasteiger partial charge in [0.2, 0.25) is 0 Å². The number of rotatable bonds is 5. The van der Waals surface area contributed by atoms with Gasteiger partial charge >= 0.3 is 0 Å². The molecule has 114 valence electrons. The van der Waals surface area contributed by atoms with Crippen LogP contribution in [0, 0.1) is 17.3 Å². The molecule has 2 aliphatic carbocycles. The number of ketones is 1. The van der Waals surface area contributed by atoms with Crippen molar-refractivity contribution in [3.63, 3.8) is 0 Å². The molecule has 0 spiro atoms. The van der Waals surface area contributed by atoms with E-state index in [4.69, 9.17) is 0 Å². The highest BCUT2D eigenvalue weighted by Gasteiger charge is 2.47. The highest BCUT2D eigenvalue weighted by atomic mass is 16.3. The molecule has 2 aliphatic rings. The summed E-state index contributed by atoms with van der Waals surface area (Å²) in [6.45, 7) is 8.36. The molecule has 1 N–H and O–H groups in total. The zero-order chi connectivity index (χ0) is 15.0. The Kier molecular flexibility index (Phi) is 4.44. The molecule has 2 nitrogen and oxygen atoms in total.